The van der Waals surface area contributed by atoms with E-state index in [1.165, 1.54) is 12.1 Å². The summed E-state index contributed by atoms with van der Waals surface area (Å²) in [5.41, 5.74) is 1.50. The van der Waals surface area contributed by atoms with Gasteiger partial charge in [0.15, 0.2) is 0 Å². The molecule has 0 aliphatic carbocycles. The fourth-order valence-electron chi connectivity index (χ4n) is 1.79. The number of benzene rings is 1. The summed E-state index contributed by atoms with van der Waals surface area (Å²) in [6.45, 7) is 1.45. The molecule has 0 aliphatic heterocycles. The monoisotopic (exact) mass is 276 g/mol. The van der Waals surface area contributed by atoms with E-state index in [4.69, 9.17) is 0 Å². The number of nitrogens with zero attached hydrogens (tertiary/aromatic N) is 4. The molecule has 2 N–H and O–H groups in total. The normalized spacial score (nSPS) is 10.2. The van der Waals surface area contributed by atoms with E-state index in [2.05, 4.69) is 20.9 Å². The molecule has 0 fully saturated rings. The fourth-order valence-corrected chi connectivity index (χ4v) is 1.79. The van der Waals surface area contributed by atoms with Crippen LogP contribution in [0.4, 0.5) is 17.1 Å². The average Bonchev–Trinajstić information content (AvgIpc) is 2.96. The quantitative estimate of drug-likeness (QED) is 0.454. The summed E-state index contributed by atoms with van der Waals surface area (Å²) in [7, 11) is 1.73. The maximum atomic E-state index is 10.8. The minimum atomic E-state index is -0.401. The number of hydrogen-bond donors (Lipinski definition) is 2. The van der Waals surface area contributed by atoms with Crippen LogP contribution >= 0.6 is 0 Å². The van der Waals surface area contributed by atoms with E-state index in [0.29, 0.717) is 12.2 Å². The predicted molar refractivity (Wildman–Crippen MR) is 75.8 cm³/mol. The number of hydrogen-bond acceptors (Lipinski definition) is 6. The average molecular weight is 276 g/mol. The number of non-ortho nitro benzene ring substituents is 1. The molecule has 0 saturated heterocycles. The molecule has 8 nitrogen and oxygen atoms in total. The molecule has 1 heterocycles. The summed E-state index contributed by atoms with van der Waals surface area (Å²) in [5.74, 6) is 0. The van der Waals surface area contributed by atoms with Crippen LogP contribution in [0.1, 0.15) is 6.42 Å². The zero-order valence-electron chi connectivity index (χ0n) is 11.1. The summed E-state index contributed by atoms with van der Waals surface area (Å²) < 4.78 is 1.74. The Balaban J connectivity index is 1.91. The molecule has 2 rings (SSSR count). The summed E-state index contributed by atoms with van der Waals surface area (Å²) in [4.78, 5) is 10.4. The maximum absolute atomic E-state index is 10.8. The van der Waals surface area contributed by atoms with E-state index in [0.717, 1.165) is 18.7 Å². The first-order valence-corrected chi connectivity index (χ1v) is 6.24. The van der Waals surface area contributed by atoms with Crippen LogP contribution < -0.4 is 10.6 Å². The van der Waals surface area contributed by atoms with Gasteiger partial charge in [-0.15, -0.1) is 5.10 Å². The SMILES string of the molecule is CNc1cc(NCCCn2ccnn2)cc([N+](=O)[O-])c1. The van der Waals surface area contributed by atoms with Gasteiger partial charge in [0.2, 0.25) is 0 Å². The first kappa shape index (κ1) is 13.8. The third-order valence-corrected chi connectivity index (χ3v) is 2.78. The molecular weight excluding hydrogens is 260 g/mol. The Hall–Kier alpha value is -2.64. The molecule has 0 unspecified atom stereocenters. The Kier molecular flexibility index (Phi) is 4.48. The standard InChI is InChI=1S/C12H16N6O2/c1-13-10-7-11(9-12(8-10)18(19)20)14-3-2-5-17-6-4-15-16-17/h4,6-9,13-14H,2-3,5H2,1H3. The van der Waals surface area contributed by atoms with E-state index in [9.17, 15) is 10.1 Å². The second-order valence-electron chi connectivity index (χ2n) is 4.22. The number of nitrogens with one attached hydrogen (secondary N) is 2. The van der Waals surface area contributed by atoms with Gasteiger partial charge >= 0.3 is 0 Å². The van der Waals surface area contributed by atoms with E-state index in [1.54, 1.807) is 24.1 Å². The van der Waals surface area contributed by atoms with E-state index < -0.39 is 4.92 Å². The van der Waals surface area contributed by atoms with Crippen LogP contribution in [0.15, 0.2) is 30.6 Å². The molecule has 0 bridgehead atoms. The molecule has 8 heteroatoms. The van der Waals surface area contributed by atoms with Gasteiger partial charge in [0.25, 0.3) is 5.69 Å². The lowest BCUT2D eigenvalue weighted by Crippen LogP contribution is -2.07. The largest absolute Gasteiger partial charge is 0.388 e. The Bertz CT molecular complexity index is 569. The number of aromatic nitrogens is 3. The molecule has 0 saturated carbocycles. The molecule has 106 valence electrons. The fraction of sp³-hybridized carbons (Fsp3) is 0.333. The molecule has 0 radical (unpaired) electrons. The highest BCUT2D eigenvalue weighted by Crippen LogP contribution is 2.23. The number of aryl methyl sites for hydroxylation is 1. The van der Waals surface area contributed by atoms with Crippen LogP contribution in [0, 0.1) is 10.1 Å². The molecule has 2 aromatic rings. The lowest BCUT2D eigenvalue weighted by molar-refractivity contribution is -0.384. The highest BCUT2D eigenvalue weighted by atomic mass is 16.6. The summed E-state index contributed by atoms with van der Waals surface area (Å²) in [6.07, 6.45) is 4.28. The van der Waals surface area contributed by atoms with Gasteiger partial charge in [0.05, 0.1) is 11.1 Å². The maximum Gasteiger partial charge on any atom is 0.273 e. The zero-order chi connectivity index (χ0) is 14.4. The molecule has 0 spiro atoms. The number of rotatable bonds is 7. The third kappa shape index (κ3) is 3.67. The van der Waals surface area contributed by atoms with Crippen molar-refractivity contribution in [3.05, 3.63) is 40.7 Å². The first-order valence-electron chi connectivity index (χ1n) is 6.24. The lowest BCUT2D eigenvalue weighted by atomic mass is 10.2. The Morgan fingerprint density at radius 1 is 1.35 bits per heavy atom. The van der Waals surface area contributed by atoms with Crippen molar-refractivity contribution in [2.75, 3.05) is 24.2 Å². The van der Waals surface area contributed by atoms with Crippen molar-refractivity contribution >= 4 is 17.1 Å². The number of nitro groups is 1. The van der Waals surface area contributed by atoms with Crippen molar-refractivity contribution in [3.8, 4) is 0 Å². The Morgan fingerprint density at radius 3 is 2.80 bits per heavy atom. The Morgan fingerprint density at radius 2 is 2.15 bits per heavy atom. The summed E-state index contributed by atoms with van der Waals surface area (Å²) >= 11 is 0. The topological polar surface area (TPSA) is 97.9 Å². The molecule has 20 heavy (non-hydrogen) atoms. The van der Waals surface area contributed by atoms with Gasteiger partial charge in [0, 0.05) is 49.8 Å². The van der Waals surface area contributed by atoms with Gasteiger partial charge < -0.3 is 10.6 Å². The van der Waals surface area contributed by atoms with Crippen LogP contribution in [0.5, 0.6) is 0 Å². The lowest BCUT2D eigenvalue weighted by Gasteiger charge is -2.08. The molecule has 0 atom stereocenters. The van der Waals surface area contributed by atoms with E-state index in [-0.39, 0.29) is 5.69 Å². The third-order valence-electron chi connectivity index (χ3n) is 2.78. The number of anilines is 2. The summed E-state index contributed by atoms with van der Waals surface area (Å²) in [6, 6.07) is 4.86. The second-order valence-corrected chi connectivity index (χ2v) is 4.22. The Labute approximate surface area is 115 Å². The van der Waals surface area contributed by atoms with Crippen LogP contribution in [-0.4, -0.2) is 33.5 Å². The molecule has 0 aliphatic rings. The van der Waals surface area contributed by atoms with Crippen LogP contribution in [0.25, 0.3) is 0 Å². The zero-order valence-corrected chi connectivity index (χ0v) is 11.1. The van der Waals surface area contributed by atoms with Crippen molar-refractivity contribution in [1.29, 1.82) is 0 Å². The molecule has 0 amide bonds. The van der Waals surface area contributed by atoms with Crippen molar-refractivity contribution in [2.45, 2.75) is 13.0 Å². The van der Waals surface area contributed by atoms with E-state index in [1.807, 2.05) is 6.07 Å². The van der Waals surface area contributed by atoms with Crippen LogP contribution in [0.2, 0.25) is 0 Å². The minimum absolute atomic E-state index is 0.0654. The second kappa shape index (κ2) is 6.50. The van der Waals surface area contributed by atoms with Gasteiger partial charge in [-0.3, -0.25) is 14.8 Å². The predicted octanol–water partition coefficient (Wildman–Crippen LogP) is 1.73. The van der Waals surface area contributed by atoms with Crippen LogP contribution in [0.3, 0.4) is 0 Å². The van der Waals surface area contributed by atoms with Crippen molar-refractivity contribution in [3.63, 3.8) is 0 Å². The van der Waals surface area contributed by atoms with Gasteiger partial charge in [-0.05, 0) is 12.5 Å². The van der Waals surface area contributed by atoms with Crippen molar-refractivity contribution in [2.24, 2.45) is 0 Å². The van der Waals surface area contributed by atoms with Crippen molar-refractivity contribution in [1.82, 2.24) is 15.0 Å². The van der Waals surface area contributed by atoms with E-state index >= 15 is 0 Å². The number of nitro benzene ring substituents is 1. The van der Waals surface area contributed by atoms with Crippen molar-refractivity contribution < 1.29 is 4.92 Å². The van der Waals surface area contributed by atoms with Gasteiger partial charge in [-0.25, -0.2) is 0 Å². The first-order chi connectivity index (χ1) is 9.69. The summed E-state index contributed by atoms with van der Waals surface area (Å²) in [5, 5.41) is 24.5. The molecule has 1 aromatic heterocycles. The highest BCUT2D eigenvalue weighted by molar-refractivity contribution is 5.63. The molecular formula is C12H16N6O2. The minimum Gasteiger partial charge on any atom is -0.388 e. The van der Waals surface area contributed by atoms with Crippen LogP contribution in [-0.2, 0) is 6.54 Å². The highest BCUT2D eigenvalue weighted by Gasteiger charge is 2.08. The van der Waals surface area contributed by atoms with Gasteiger partial charge in [-0.1, -0.05) is 5.21 Å². The van der Waals surface area contributed by atoms with Gasteiger partial charge in [0.1, 0.15) is 0 Å². The smallest absolute Gasteiger partial charge is 0.273 e. The molecule has 1 aromatic carbocycles. The van der Waals surface area contributed by atoms with Gasteiger partial charge in [-0.2, -0.15) is 0 Å².